The van der Waals surface area contributed by atoms with Gasteiger partial charge in [0, 0.05) is 24.0 Å². The highest BCUT2D eigenvalue weighted by Crippen LogP contribution is 2.29. The molecule has 1 aliphatic heterocycles. The zero-order valence-electron chi connectivity index (χ0n) is 10.3. The molecule has 1 unspecified atom stereocenters. The van der Waals surface area contributed by atoms with Gasteiger partial charge in [0.15, 0.2) is 0 Å². The molecular formula is C13H23NOS. The lowest BCUT2D eigenvalue weighted by molar-refractivity contribution is 0.0520. The maximum absolute atomic E-state index is 5.44. The van der Waals surface area contributed by atoms with Crippen molar-refractivity contribution in [3.63, 3.8) is 0 Å². The van der Waals surface area contributed by atoms with Crippen molar-refractivity contribution in [1.29, 1.82) is 0 Å². The second-order valence-corrected chi connectivity index (χ2v) is 5.63. The molecule has 0 amide bonds. The minimum Gasteiger partial charge on any atom is -0.378 e. The van der Waals surface area contributed by atoms with E-state index in [4.69, 9.17) is 4.74 Å². The van der Waals surface area contributed by atoms with E-state index in [2.05, 4.69) is 17.2 Å². The predicted octanol–water partition coefficient (Wildman–Crippen LogP) is 2.90. The number of nitrogens with zero attached hydrogens (tertiary/aromatic N) is 1. The van der Waals surface area contributed by atoms with Gasteiger partial charge in [-0.05, 0) is 25.5 Å². The van der Waals surface area contributed by atoms with E-state index in [1.807, 2.05) is 11.8 Å². The molecule has 0 spiro atoms. The molecule has 0 bridgehead atoms. The third kappa shape index (κ3) is 3.17. The zero-order chi connectivity index (χ0) is 11.2. The van der Waals surface area contributed by atoms with Crippen molar-refractivity contribution < 1.29 is 4.74 Å². The Balaban J connectivity index is 2.05. The average molecular weight is 241 g/mol. The summed E-state index contributed by atoms with van der Waals surface area (Å²) in [6.07, 6.45) is 11.5. The van der Waals surface area contributed by atoms with Gasteiger partial charge in [-0.3, -0.25) is 0 Å². The molecule has 1 aliphatic carbocycles. The van der Waals surface area contributed by atoms with Crippen molar-refractivity contribution in [1.82, 2.24) is 4.90 Å². The molecule has 0 aromatic carbocycles. The molecule has 3 heteroatoms. The van der Waals surface area contributed by atoms with Crippen LogP contribution in [0.2, 0.25) is 0 Å². The van der Waals surface area contributed by atoms with Gasteiger partial charge >= 0.3 is 0 Å². The van der Waals surface area contributed by atoms with Crippen molar-refractivity contribution in [2.45, 2.75) is 37.4 Å². The van der Waals surface area contributed by atoms with Crippen LogP contribution in [0, 0.1) is 0 Å². The van der Waals surface area contributed by atoms with Crippen LogP contribution < -0.4 is 0 Å². The van der Waals surface area contributed by atoms with Crippen LogP contribution in [0.3, 0.4) is 0 Å². The lowest BCUT2D eigenvalue weighted by Crippen LogP contribution is -2.38. The van der Waals surface area contributed by atoms with Gasteiger partial charge in [0.25, 0.3) is 0 Å². The lowest BCUT2D eigenvalue weighted by Gasteiger charge is -2.35. The van der Waals surface area contributed by atoms with Crippen molar-refractivity contribution in [3.8, 4) is 0 Å². The Labute approximate surface area is 103 Å². The van der Waals surface area contributed by atoms with Crippen molar-refractivity contribution >= 4 is 11.8 Å². The molecule has 0 aromatic heterocycles. The molecule has 2 aliphatic rings. The summed E-state index contributed by atoms with van der Waals surface area (Å²) < 4.78 is 5.44. The first kappa shape index (κ1) is 12.3. The van der Waals surface area contributed by atoms with Crippen LogP contribution in [-0.2, 0) is 4.74 Å². The van der Waals surface area contributed by atoms with Gasteiger partial charge in [-0.1, -0.05) is 18.9 Å². The fraction of sp³-hybridized carbons (Fsp3) is 0.846. The number of ether oxygens (including phenoxy) is 1. The summed E-state index contributed by atoms with van der Waals surface area (Å²) in [6, 6.07) is 0. The maximum Gasteiger partial charge on any atom is 0.0642 e. The number of hydrogen-bond donors (Lipinski definition) is 0. The molecule has 0 N–H and O–H groups in total. The van der Waals surface area contributed by atoms with Crippen molar-refractivity contribution in [2.24, 2.45) is 0 Å². The highest BCUT2D eigenvalue weighted by molar-refractivity contribution is 7.99. The number of morpholine rings is 1. The lowest BCUT2D eigenvalue weighted by atomic mass is 10.0. The van der Waals surface area contributed by atoms with Gasteiger partial charge in [0.1, 0.15) is 0 Å². The Morgan fingerprint density at radius 3 is 2.81 bits per heavy atom. The molecule has 16 heavy (non-hydrogen) atoms. The van der Waals surface area contributed by atoms with Crippen LogP contribution >= 0.6 is 11.8 Å². The van der Waals surface area contributed by atoms with E-state index in [0.717, 1.165) is 31.6 Å². The number of hydrogen-bond acceptors (Lipinski definition) is 3. The van der Waals surface area contributed by atoms with E-state index in [0.29, 0.717) is 0 Å². The first-order chi connectivity index (χ1) is 7.92. The molecule has 1 heterocycles. The molecule has 1 atom stereocenters. The highest BCUT2D eigenvalue weighted by Gasteiger charge is 2.21. The molecule has 0 saturated carbocycles. The normalized spacial score (nSPS) is 31.4. The second kappa shape index (κ2) is 6.55. The summed E-state index contributed by atoms with van der Waals surface area (Å²) in [5, 5.41) is 0.721. The summed E-state index contributed by atoms with van der Waals surface area (Å²) in [4.78, 5) is 2.55. The third-order valence-corrected chi connectivity index (χ3v) is 4.56. The molecule has 1 saturated heterocycles. The topological polar surface area (TPSA) is 12.5 Å². The molecule has 2 nitrogen and oxygen atoms in total. The van der Waals surface area contributed by atoms with E-state index in [-0.39, 0.29) is 0 Å². The van der Waals surface area contributed by atoms with Gasteiger partial charge in [-0.25, -0.2) is 0 Å². The number of rotatable bonds is 2. The van der Waals surface area contributed by atoms with Crippen LogP contribution in [0.4, 0.5) is 0 Å². The number of thioether (sulfide) groups is 1. The summed E-state index contributed by atoms with van der Waals surface area (Å²) in [6.45, 7) is 3.97. The number of allylic oxidation sites excluding steroid dienone is 1. The Hall–Kier alpha value is -0.150. The largest absolute Gasteiger partial charge is 0.378 e. The fourth-order valence-corrected chi connectivity index (χ4v) is 3.46. The van der Waals surface area contributed by atoms with E-state index >= 15 is 0 Å². The van der Waals surface area contributed by atoms with Crippen molar-refractivity contribution in [3.05, 3.63) is 11.8 Å². The Morgan fingerprint density at radius 2 is 2.06 bits per heavy atom. The Bertz CT molecular complexity index is 236. The first-order valence-corrected chi connectivity index (χ1v) is 7.76. The summed E-state index contributed by atoms with van der Waals surface area (Å²) in [5.41, 5.74) is 1.59. The maximum atomic E-state index is 5.44. The molecule has 1 fully saturated rings. The standard InChI is InChI=1S/C13H23NOS/c1-16-13-7-5-3-2-4-6-12(13)14-8-10-15-11-9-14/h6,13H,2-5,7-11H2,1H3/b12-6+. The van der Waals surface area contributed by atoms with Crippen molar-refractivity contribution in [2.75, 3.05) is 32.6 Å². The second-order valence-electron chi connectivity index (χ2n) is 4.59. The van der Waals surface area contributed by atoms with E-state index < -0.39 is 0 Å². The third-order valence-electron chi connectivity index (χ3n) is 3.51. The van der Waals surface area contributed by atoms with Gasteiger partial charge in [-0.2, -0.15) is 11.8 Å². The van der Waals surface area contributed by atoms with Gasteiger partial charge < -0.3 is 9.64 Å². The summed E-state index contributed by atoms with van der Waals surface area (Å²) in [7, 11) is 0. The van der Waals surface area contributed by atoms with Crippen LogP contribution in [0.5, 0.6) is 0 Å². The molecule has 0 radical (unpaired) electrons. The SMILES string of the molecule is CSC1CCCCC/C=C\1N1CCOCC1. The van der Waals surface area contributed by atoms with E-state index in [9.17, 15) is 0 Å². The molecule has 0 aromatic rings. The quantitative estimate of drug-likeness (QED) is 0.737. The predicted molar refractivity (Wildman–Crippen MR) is 70.9 cm³/mol. The van der Waals surface area contributed by atoms with Crippen LogP contribution in [0.1, 0.15) is 32.1 Å². The molecule has 92 valence electrons. The molecule has 2 rings (SSSR count). The summed E-state index contributed by atoms with van der Waals surface area (Å²) in [5.74, 6) is 0. The van der Waals surface area contributed by atoms with Gasteiger partial charge in [0.2, 0.25) is 0 Å². The van der Waals surface area contributed by atoms with Gasteiger partial charge in [-0.15, -0.1) is 0 Å². The van der Waals surface area contributed by atoms with Crippen LogP contribution in [0.15, 0.2) is 11.8 Å². The first-order valence-electron chi connectivity index (χ1n) is 6.47. The average Bonchev–Trinajstić information content (AvgIpc) is 2.30. The van der Waals surface area contributed by atoms with Gasteiger partial charge in [0.05, 0.1) is 13.2 Å². The Morgan fingerprint density at radius 1 is 1.25 bits per heavy atom. The smallest absolute Gasteiger partial charge is 0.0642 e. The Kier molecular flexibility index (Phi) is 5.04. The fourth-order valence-electron chi connectivity index (χ4n) is 2.57. The highest BCUT2D eigenvalue weighted by atomic mass is 32.2. The van der Waals surface area contributed by atoms with E-state index in [1.54, 1.807) is 5.70 Å². The van der Waals surface area contributed by atoms with Crippen LogP contribution in [-0.4, -0.2) is 42.7 Å². The van der Waals surface area contributed by atoms with Crippen LogP contribution in [0.25, 0.3) is 0 Å². The zero-order valence-corrected chi connectivity index (χ0v) is 11.1. The summed E-state index contributed by atoms with van der Waals surface area (Å²) >= 11 is 2.02. The minimum atomic E-state index is 0.721. The molecular weight excluding hydrogens is 218 g/mol. The minimum absolute atomic E-state index is 0.721. The van der Waals surface area contributed by atoms with E-state index in [1.165, 1.54) is 32.1 Å². The monoisotopic (exact) mass is 241 g/mol.